The van der Waals surface area contributed by atoms with E-state index in [-0.39, 0.29) is 0 Å². The topological polar surface area (TPSA) is 61.5 Å². The quantitative estimate of drug-likeness (QED) is 0.806. The monoisotopic (exact) mass is 413 g/mol. The third-order valence-corrected chi connectivity index (χ3v) is 3.87. The van der Waals surface area contributed by atoms with Crippen LogP contribution in [0.15, 0.2) is 45.3 Å². The van der Waals surface area contributed by atoms with Crippen LogP contribution in [0, 0.1) is 0 Å². The molecule has 0 radical (unpaired) electrons. The van der Waals surface area contributed by atoms with Gasteiger partial charge in [0.05, 0.1) is 11.6 Å². The summed E-state index contributed by atoms with van der Waals surface area (Å²) in [6, 6.07) is 11.0. The average Bonchev–Trinajstić information content (AvgIpc) is 2.45. The van der Waals surface area contributed by atoms with Crippen molar-refractivity contribution in [1.82, 2.24) is 0 Å². The number of nitrogens with two attached hydrogens (primary N) is 1. The molecule has 0 atom stereocenters. The summed E-state index contributed by atoms with van der Waals surface area (Å²) in [6.07, 6.45) is 0. The molecule has 6 heteroatoms. The van der Waals surface area contributed by atoms with Gasteiger partial charge in [0, 0.05) is 10.0 Å². The van der Waals surface area contributed by atoms with Crippen LogP contribution in [-0.4, -0.2) is 13.0 Å². The third kappa shape index (κ3) is 3.98. The van der Waals surface area contributed by atoms with Gasteiger partial charge in [-0.1, -0.05) is 28.1 Å². The summed E-state index contributed by atoms with van der Waals surface area (Å²) in [5.41, 5.74) is 6.64. The summed E-state index contributed by atoms with van der Waals surface area (Å²) in [7, 11) is 1.51. The zero-order valence-electron chi connectivity index (χ0n) is 11.2. The molecule has 0 saturated heterocycles. The maximum atomic E-state index is 11.2. The van der Waals surface area contributed by atoms with Gasteiger partial charge in [-0.05, 0) is 45.8 Å². The van der Waals surface area contributed by atoms with E-state index in [0.717, 1.165) is 10.0 Å². The number of methoxy groups -OCH3 is 1. The fourth-order valence-corrected chi connectivity index (χ4v) is 2.79. The predicted molar refractivity (Wildman–Crippen MR) is 87.7 cm³/mol. The normalized spacial score (nSPS) is 10.2. The fraction of sp³-hybridized carbons (Fsp3) is 0.133. The Kier molecular flexibility index (Phi) is 5.25. The molecule has 0 unspecified atom stereocenters. The van der Waals surface area contributed by atoms with Crippen LogP contribution in [-0.2, 0) is 6.61 Å². The van der Waals surface area contributed by atoms with Gasteiger partial charge in [-0.3, -0.25) is 4.79 Å². The van der Waals surface area contributed by atoms with Crippen molar-refractivity contribution < 1.29 is 14.3 Å². The Hall–Kier alpha value is -1.53. The molecule has 2 aromatic rings. The van der Waals surface area contributed by atoms with Crippen LogP contribution in [0.2, 0.25) is 0 Å². The van der Waals surface area contributed by atoms with E-state index in [4.69, 9.17) is 15.2 Å². The highest BCUT2D eigenvalue weighted by Crippen LogP contribution is 2.37. The SMILES string of the molecule is COc1cc(C(N)=O)cc(Br)c1OCc1cccc(Br)c1. The first-order valence-electron chi connectivity index (χ1n) is 6.06. The van der Waals surface area contributed by atoms with Crippen LogP contribution in [0.4, 0.5) is 0 Å². The number of halogens is 2. The van der Waals surface area contributed by atoms with Gasteiger partial charge in [0.1, 0.15) is 6.61 Å². The lowest BCUT2D eigenvalue weighted by Gasteiger charge is -2.13. The molecule has 21 heavy (non-hydrogen) atoms. The molecule has 0 saturated carbocycles. The van der Waals surface area contributed by atoms with Crippen LogP contribution in [0.1, 0.15) is 15.9 Å². The van der Waals surface area contributed by atoms with Gasteiger partial charge < -0.3 is 15.2 Å². The molecule has 2 N–H and O–H groups in total. The Morgan fingerprint density at radius 1 is 1.24 bits per heavy atom. The van der Waals surface area contributed by atoms with Gasteiger partial charge in [0.25, 0.3) is 0 Å². The molecule has 4 nitrogen and oxygen atoms in total. The van der Waals surface area contributed by atoms with E-state index in [2.05, 4.69) is 31.9 Å². The molecule has 0 aliphatic rings. The maximum Gasteiger partial charge on any atom is 0.248 e. The predicted octanol–water partition coefficient (Wildman–Crippen LogP) is 3.90. The second-order valence-corrected chi connectivity index (χ2v) is 6.04. The summed E-state index contributed by atoms with van der Waals surface area (Å²) >= 11 is 6.79. The Morgan fingerprint density at radius 3 is 2.62 bits per heavy atom. The Labute approximate surface area is 139 Å². The molecule has 1 amide bonds. The van der Waals surface area contributed by atoms with Gasteiger partial charge in [-0.15, -0.1) is 0 Å². The minimum absolute atomic E-state index is 0.355. The molecule has 0 spiro atoms. The van der Waals surface area contributed by atoms with Crippen molar-refractivity contribution in [2.75, 3.05) is 7.11 Å². The summed E-state index contributed by atoms with van der Waals surface area (Å²) in [5, 5.41) is 0. The average molecular weight is 415 g/mol. The highest BCUT2D eigenvalue weighted by Gasteiger charge is 2.14. The summed E-state index contributed by atoms with van der Waals surface area (Å²) < 4.78 is 12.6. The first kappa shape index (κ1) is 15.9. The molecule has 0 aliphatic heterocycles. The minimum Gasteiger partial charge on any atom is -0.493 e. The number of hydrogen-bond acceptors (Lipinski definition) is 3. The smallest absolute Gasteiger partial charge is 0.248 e. The standard InChI is InChI=1S/C15H13Br2NO3/c1-20-13-7-10(15(18)19)6-12(17)14(13)21-8-9-3-2-4-11(16)5-9/h2-7H,8H2,1H3,(H2,18,19). The van der Waals surface area contributed by atoms with E-state index in [9.17, 15) is 4.79 Å². The van der Waals surface area contributed by atoms with Crippen LogP contribution >= 0.6 is 31.9 Å². The van der Waals surface area contributed by atoms with E-state index in [0.29, 0.717) is 28.1 Å². The molecule has 0 heterocycles. The largest absolute Gasteiger partial charge is 0.493 e. The molecule has 0 bridgehead atoms. The molecular weight excluding hydrogens is 402 g/mol. The minimum atomic E-state index is -0.521. The summed E-state index contributed by atoms with van der Waals surface area (Å²) in [5.74, 6) is 0.461. The van der Waals surface area contributed by atoms with E-state index in [1.165, 1.54) is 7.11 Å². The number of carbonyl (C=O) groups excluding carboxylic acids is 1. The van der Waals surface area contributed by atoms with Gasteiger partial charge in [-0.25, -0.2) is 0 Å². The third-order valence-electron chi connectivity index (χ3n) is 2.79. The lowest BCUT2D eigenvalue weighted by Crippen LogP contribution is -2.11. The lowest BCUT2D eigenvalue weighted by molar-refractivity contribution is 0.1000. The molecule has 0 fully saturated rings. The Balaban J connectivity index is 2.25. The first-order valence-corrected chi connectivity index (χ1v) is 7.64. The number of ether oxygens (including phenoxy) is 2. The number of carbonyl (C=O) groups is 1. The zero-order valence-corrected chi connectivity index (χ0v) is 14.4. The molecule has 2 aromatic carbocycles. The molecule has 2 rings (SSSR count). The zero-order chi connectivity index (χ0) is 15.4. The van der Waals surface area contributed by atoms with E-state index in [1.807, 2.05) is 24.3 Å². The van der Waals surface area contributed by atoms with Gasteiger partial charge in [-0.2, -0.15) is 0 Å². The summed E-state index contributed by atoms with van der Waals surface area (Å²) in [4.78, 5) is 11.2. The number of amides is 1. The number of benzene rings is 2. The van der Waals surface area contributed by atoms with Gasteiger partial charge in [0.2, 0.25) is 5.91 Å². The number of rotatable bonds is 5. The lowest BCUT2D eigenvalue weighted by atomic mass is 10.2. The Morgan fingerprint density at radius 2 is 2.00 bits per heavy atom. The molecular formula is C15H13Br2NO3. The van der Waals surface area contributed by atoms with Crippen molar-refractivity contribution in [3.8, 4) is 11.5 Å². The molecule has 0 aromatic heterocycles. The van der Waals surface area contributed by atoms with Crippen LogP contribution in [0.25, 0.3) is 0 Å². The van der Waals surface area contributed by atoms with Crippen LogP contribution in [0.3, 0.4) is 0 Å². The summed E-state index contributed by atoms with van der Waals surface area (Å²) in [6.45, 7) is 0.379. The Bertz CT molecular complexity index is 674. The van der Waals surface area contributed by atoms with Gasteiger partial charge in [0.15, 0.2) is 11.5 Å². The highest BCUT2D eigenvalue weighted by atomic mass is 79.9. The number of hydrogen-bond donors (Lipinski definition) is 1. The van der Waals surface area contributed by atoms with Crippen molar-refractivity contribution in [3.05, 3.63) is 56.5 Å². The fourth-order valence-electron chi connectivity index (χ4n) is 1.78. The van der Waals surface area contributed by atoms with Crippen molar-refractivity contribution in [2.45, 2.75) is 6.61 Å². The highest BCUT2D eigenvalue weighted by molar-refractivity contribution is 9.10. The second kappa shape index (κ2) is 6.95. The van der Waals surface area contributed by atoms with Gasteiger partial charge >= 0.3 is 0 Å². The first-order chi connectivity index (χ1) is 10.0. The van der Waals surface area contributed by atoms with Crippen molar-refractivity contribution in [1.29, 1.82) is 0 Å². The van der Waals surface area contributed by atoms with Crippen LogP contribution < -0.4 is 15.2 Å². The number of primary amides is 1. The maximum absolute atomic E-state index is 11.2. The second-order valence-electron chi connectivity index (χ2n) is 4.27. The van der Waals surface area contributed by atoms with Crippen molar-refractivity contribution >= 4 is 37.8 Å². The van der Waals surface area contributed by atoms with E-state index in [1.54, 1.807) is 12.1 Å². The van der Waals surface area contributed by atoms with E-state index < -0.39 is 5.91 Å². The van der Waals surface area contributed by atoms with Crippen molar-refractivity contribution in [3.63, 3.8) is 0 Å². The molecule has 110 valence electrons. The molecule has 0 aliphatic carbocycles. The van der Waals surface area contributed by atoms with Crippen LogP contribution in [0.5, 0.6) is 11.5 Å². The van der Waals surface area contributed by atoms with E-state index >= 15 is 0 Å². The van der Waals surface area contributed by atoms with Crippen molar-refractivity contribution in [2.24, 2.45) is 5.73 Å².